The Bertz CT molecular complexity index is 760. The topological polar surface area (TPSA) is 54.5 Å². The van der Waals surface area contributed by atoms with Crippen LogP contribution in [0.25, 0.3) is 10.4 Å². The van der Waals surface area contributed by atoms with Gasteiger partial charge in [0.15, 0.2) is 5.13 Å². The number of anilines is 1. The Balaban J connectivity index is 1.38. The second-order valence-corrected chi connectivity index (χ2v) is 7.59. The van der Waals surface area contributed by atoms with Gasteiger partial charge < -0.3 is 9.64 Å². The third-order valence-corrected chi connectivity index (χ3v) is 5.95. The molecule has 5 nitrogen and oxygen atoms in total. The highest BCUT2D eigenvalue weighted by Crippen LogP contribution is 2.32. The molecule has 2 unspecified atom stereocenters. The average molecular weight is 361 g/mol. The summed E-state index contributed by atoms with van der Waals surface area (Å²) >= 11 is 1.28. The Labute approximate surface area is 149 Å². The van der Waals surface area contributed by atoms with Crippen molar-refractivity contribution in [2.75, 3.05) is 31.6 Å². The van der Waals surface area contributed by atoms with E-state index in [0.717, 1.165) is 39.1 Å². The maximum Gasteiger partial charge on any atom is 0.323 e. The van der Waals surface area contributed by atoms with Crippen molar-refractivity contribution in [3.05, 3.63) is 36.3 Å². The van der Waals surface area contributed by atoms with Gasteiger partial charge in [0.05, 0.1) is 4.88 Å². The molecule has 132 valence electrons. The molecule has 0 spiro atoms. The lowest BCUT2D eigenvalue weighted by atomic mass is 9.91. The van der Waals surface area contributed by atoms with Gasteiger partial charge in [-0.05, 0) is 30.7 Å². The molecular weight excluding hydrogens is 341 g/mol. The number of nitrogens with zero attached hydrogens (tertiary/aromatic N) is 2. The number of aromatic nitrogens is 1. The first kappa shape index (κ1) is 16.5. The zero-order valence-corrected chi connectivity index (χ0v) is 14.6. The number of nitrogens with one attached hydrogen (secondary N) is 1. The van der Waals surface area contributed by atoms with E-state index in [-0.39, 0.29) is 11.8 Å². The van der Waals surface area contributed by atoms with E-state index < -0.39 is 0 Å². The van der Waals surface area contributed by atoms with E-state index >= 15 is 0 Å². The second kappa shape index (κ2) is 7.09. The van der Waals surface area contributed by atoms with Gasteiger partial charge in [-0.1, -0.05) is 29.5 Å². The highest BCUT2D eigenvalue weighted by molar-refractivity contribution is 7.19. The van der Waals surface area contributed by atoms with Crippen LogP contribution in [0.3, 0.4) is 0 Å². The van der Waals surface area contributed by atoms with Crippen LogP contribution in [0, 0.1) is 17.7 Å². The first-order valence-electron chi connectivity index (χ1n) is 8.55. The van der Waals surface area contributed by atoms with Crippen molar-refractivity contribution in [1.82, 2.24) is 9.88 Å². The molecule has 0 saturated carbocycles. The molecule has 2 saturated heterocycles. The zero-order chi connectivity index (χ0) is 17.2. The van der Waals surface area contributed by atoms with Crippen molar-refractivity contribution in [3.63, 3.8) is 0 Å². The lowest BCUT2D eigenvalue weighted by Crippen LogP contribution is -2.33. The predicted molar refractivity (Wildman–Crippen MR) is 95.1 cm³/mol. The third-order valence-electron chi connectivity index (χ3n) is 5.00. The van der Waals surface area contributed by atoms with Gasteiger partial charge in [-0.15, -0.1) is 0 Å². The summed E-state index contributed by atoms with van der Waals surface area (Å²) < 4.78 is 19.3. The smallest absolute Gasteiger partial charge is 0.323 e. The van der Waals surface area contributed by atoms with E-state index in [1.165, 1.54) is 17.4 Å². The molecule has 0 bridgehead atoms. The average Bonchev–Trinajstić information content (AvgIpc) is 3.36. The van der Waals surface area contributed by atoms with Gasteiger partial charge in [0, 0.05) is 38.1 Å². The van der Waals surface area contributed by atoms with Crippen LogP contribution in [0.5, 0.6) is 0 Å². The SMILES string of the molecule is O=C(Nc1ncc(-c2ccccc2F)s1)N1CCC(C2CCOC2)C1. The number of urea groups is 1. The number of benzene rings is 1. The van der Waals surface area contributed by atoms with Crippen LogP contribution in [0.4, 0.5) is 14.3 Å². The molecule has 4 rings (SSSR count). The summed E-state index contributed by atoms with van der Waals surface area (Å²) in [5.74, 6) is 0.814. The molecule has 1 N–H and O–H groups in total. The maximum absolute atomic E-state index is 13.9. The summed E-state index contributed by atoms with van der Waals surface area (Å²) in [7, 11) is 0. The van der Waals surface area contributed by atoms with Gasteiger partial charge in [0.1, 0.15) is 5.82 Å². The number of amides is 2. The summed E-state index contributed by atoms with van der Waals surface area (Å²) in [4.78, 5) is 19.2. The zero-order valence-electron chi connectivity index (χ0n) is 13.8. The second-order valence-electron chi connectivity index (χ2n) is 6.56. The largest absolute Gasteiger partial charge is 0.381 e. The van der Waals surface area contributed by atoms with Crippen LogP contribution < -0.4 is 5.32 Å². The van der Waals surface area contributed by atoms with Crippen molar-refractivity contribution in [2.24, 2.45) is 11.8 Å². The molecule has 2 atom stereocenters. The van der Waals surface area contributed by atoms with Crippen molar-refractivity contribution < 1.29 is 13.9 Å². The van der Waals surface area contributed by atoms with Gasteiger partial charge in [0.2, 0.25) is 0 Å². The molecule has 2 aliphatic heterocycles. The summed E-state index contributed by atoms with van der Waals surface area (Å²) in [6.45, 7) is 3.19. The number of carbonyl (C=O) groups is 1. The van der Waals surface area contributed by atoms with Crippen LogP contribution in [0.2, 0.25) is 0 Å². The summed E-state index contributed by atoms with van der Waals surface area (Å²) in [5, 5.41) is 3.34. The van der Waals surface area contributed by atoms with E-state index in [9.17, 15) is 9.18 Å². The molecule has 25 heavy (non-hydrogen) atoms. The lowest BCUT2D eigenvalue weighted by molar-refractivity contribution is 0.171. The molecule has 2 aromatic rings. The molecule has 3 heterocycles. The Morgan fingerprint density at radius 3 is 3.00 bits per heavy atom. The van der Waals surface area contributed by atoms with E-state index in [0.29, 0.717) is 27.4 Å². The Kier molecular flexibility index (Phi) is 4.67. The number of likely N-dealkylation sites (tertiary alicyclic amines) is 1. The number of halogens is 1. The van der Waals surface area contributed by atoms with Crippen LogP contribution >= 0.6 is 11.3 Å². The number of ether oxygens (including phenoxy) is 1. The summed E-state index contributed by atoms with van der Waals surface area (Å²) in [5.41, 5.74) is 0.503. The Hall–Kier alpha value is -1.99. The first-order chi connectivity index (χ1) is 12.2. The van der Waals surface area contributed by atoms with Gasteiger partial charge in [0.25, 0.3) is 0 Å². The Morgan fingerprint density at radius 2 is 2.20 bits per heavy atom. The Morgan fingerprint density at radius 1 is 1.32 bits per heavy atom. The standard InChI is InChI=1S/C18H20FN3O2S/c19-15-4-2-1-3-14(15)16-9-20-17(25-16)21-18(23)22-7-5-12(10-22)13-6-8-24-11-13/h1-4,9,12-13H,5-8,10-11H2,(H,20,21,23). The van der Waals surface area contributed by atoms with Gasteiger partial charge in [-0.2, -0.15) is 0 Å². The fourth-order valence-corrected chi connectivity index (χ4v) is 4.40. The van der Waals surface area contributed by atoms with Crippen molar-refractivity contribution in [1.29, 1.82) is 0 Å². The fourth-order valence-electron chi connectivity index (χ4n) is 3.57. The quantitative estimate of drug-likeness (QED) is 0.904. The van der Waals surface area contributed by atoms with Crippen molar-refractivity contribution in [3.8, 4) is 10.4 Å². The van der Waals surface area contributed by atoms with Crippen molar-refractivity contribution in [2.45, 2.75) is 12.8 Å². The summed E-state index contributed by atoms with van der Waals surface area (Å²) in [6.07, 6.45) is 3.72. The predicted octanol–water partition coefficient (Wildman–Crippen LogP) is 3.84. The molecule has 2 aliphatic rings. The number of rotatable bonds is 3. The minimum absolute atomic E-state index is 0.129. The van der Waals surface area contributed by atoms with E-state index in [1.807, 2.05) is 4.90 Å². The molecule has 0 radical (unpaired) electrons. The molecule has 7 heteroatoms. The minimum Gasteiger partial charge on any atom is -0.381 e. The molecular formula is C18H20FN3O2S. The number of hydrogen-bond acceptors (Lipinski definition) is 4. The van der Waals surface area contributed by atoms with E-state index in [4.69, 9.17) is 4.74 Å². The van der Waals surface area contributed by atoms with Crippen LogP contribution in [-0.2, 0) is 4.74 Å². The van der Waals surface area contributed by atoms with Gasteiger partial charge >= 0.3 is 6.03 Å². The highest BCUT2D eigenvalue weighted by atomic mass is 32.1. The summed E-state index contributed by atoms with van der Waals surface area (Å²) in [6, 6.07) is 6.44. The lowest BCUT2D eigenvalue weighted by Gasteiger charge is -2.18. The van der Waals surface area contributed by atoms with E-state index in [2.05, 4.69) is 10.3 Å². The van der Waals surface area contributed by atoms with E-state index in [1.54, 1.807) is 24.4 Å². The van der Waals surface area contributed by atoms with Crippen LogP contribution in [0.15, 0.2) is 30.5 Å². The van der Waals surface area contributed by atoms with Crippen LogP contribution in [-0.4, -0.2) is 42.2 Å². The van der Waals surface area contributed by atoms with Gasteiger partial charge in [-0.3, -0.25) is 5.32 Å². The normalized spacial score (nSPS) is 23.2. The maximum atomic E-state index is 13.9. The minimum atomic E-state index is -0.287. The number of hydrogen-bond donors (Lipinski definition) is 1. The van der Waals surface area contributed by atoms with Crippen molar-refractivity contribution >= 4 is 22.5 Å². The number of thiazole rings is 1. The van der Waals surface area contributed by atoms with Gasteiger partial charge in [-0.25, -0.2) is 14.2 Å². The van der Waals surface area contributed by atoms with Crippen LogP contribution in [0.1, 0.15) is 12.8 Å². The third kappa shape index (κ3) is 3.52. The number of carbonyl (C=O) groups excluding carboxylic acids is 1. The molecule has 2 fully saturated rings. The first-order valence-corrected chi connectivity index (χ1v) is 9.37. The molecule has 0 aliphatic carbocycles. The fraction of sp³-hybridized carbons (Fsp3) is 0.444. The molecule has 1 aromatic heterocycles. The monoisotopic (exact) mass is 361 g/mol. The molecule has 1 aromatic carbocycles. The highest BCUT2D eigenvalue weighted by Gasteiger charge is 2.33. The molecule has 2 amide bonds.